The largest absolute Gasteiger partial charge is 0.493 e. The van der Waals surface area contributed by atoms with E-state index in [9.17, 15) is 19.8 Å². The van der Waals surface area contributed by atoms with Crippen molar-refractivity contribution < 1.29 is 29.3 Å². The molecule has 0 saturated heterocycles. The molecule has 2 N–H and O–H groups in total. The van der Waals surface area contributed by atoms with Gasteiger partial charge in [-0.1, -0.05) is 103 Å². The van der Waals surface area contributed by atoms with Gasteiger partial charge in [0, 0.05) is 0 Å². The van der Waals surface area contributed by atoms with Gasteiger partial charge in [-0.3, -0.25) is 0 Å². The minimum atomic E-state index is -0.984. The topological polar surface area (TPSA) is 93.1 Å². The van der Waals surface area contributed by atoms with Crippen LogP contribution in [-0.2, 0) is 0 Å². The summed E-state index contributed by atoms with van der Waals surface area (Å²) >= 11 is 0. The molecule has 0 aromatic heterocycles. The van der Waals surface area contributed by atoms with E-state index in [1.54, 1.807) is 30.3 Å². The van der Waals surface area contributed by atoms with E-state index >= 15 is 0 Å². The fourth-order valence-corrected chi connectivity index (χ4v) is 5.09. The molecule has 2 aromatic carbocycles. The molecule has 0 spiro atoms. The summed E-state index contributed by atoms with van der Waals surface area (Å²) in [6.45, 7) is 5.42. The first kappa shape index (κ1) is 33.2. The van der Waals surface area contributed by atoms with E-state index in [1.807, 2.05) is 12.1 Å². The third-order valence-electron chi connectivity index (χ3n) is 7.53. The molecule has 0 amide bonds. The van der Waals surface area contributed by atoms with Crippen molar-refractivity contribution in [1.29, 1.82) is 0 Å². The van der Waals surface area contributed by atoms with Gasteiger partial charge in [-0.2, -0.15) is 0 Å². The number of aromatic carboxylic acids is 2. The standard InChI is InChI=1S/C34H50O6/c1-3-5-6-7-8-9-10-11-12-17-25-40-32-26-28(22-23-30(32)34(37)38)27(4-2)19-14-13-18-24-39-31-21-16-15-20-29(31)33(35)36/h15-16,20-23,26-27H,3-14,17-19,24-25H2,1-2H3,(H,35,36)(H,37,38). The van der Waals surface area contributed by atoms with Crippen LogP contribution in [0.25, 0.3) is 0 Å². The Labute approximate surface area is 241 Å². The monoisotopic (exact) mass is 554 g/mol. The number of hydrogen-bond acceptors (Lipinski definition) is 4. The van der Waals surface area contributed by atoms with Gasteiger partial charge in [0.15, 0.2) is 0 Å². The predicted octanol–water partition coefficient (Wildman–Crippen LogP) is 9.52. The van der Waals surface area contributed by atoms with Crippen molar-refractivity contribution in [2.45, 2.75) is 116 Å². The van der Waals surface area contributed by atoms with Crippen molar-refractivity contribution in [2.24, 2.45) is 0 Å². The highest BCUT2D eigenvalue weighted by Crippen LogP contribution is 2.31. The molecule has 0 aliphatic rings. The molecule has 0 bridgehead atoms. The molecule has 0 aliphatic heterocycles. The minimum absolute atomic E-state index is 0.185. The predicted molar refractivity (Wildman–Crippen MR) is 161 cm³/mol. The van der Waals surface area contributed by atoms with Crippen molar-refractivity contribution >= 4 is 11.9 Å². The second kappa shape index (κ2) is 19.9. The molecule has 2 aromatic rings. The maximum atomic E-state index is 11.8. The lowest BCUT2D eigenvalue weighted by atomic mass is 9.90. The van der Waals surface area contributed by atoms with Crippen LogP contribution in [0.1, 0.15) is 142 Å². The maximum Gasteiger partial charge on any atom is 0.339 e. The minimum Gasteiger partial charge on any atom is -0.493 e. The Kier molecular flexibility index (Phi) is 16.5. The summed E-state index contributed by atoms with van der Waals surface area (Å²) in [6.07, 6.45) is 17.3. The number of hydrogen-bond donors (Lipinski definition) is 2. The summed E-state index contributed by atoms with van der Waals surface area (Å²) in [6, 6.07) is 12.2. The quantitative estimate of drug-likeness (QED) is 0.133. The Hall–Kier alpha value is -3.02. The first-order chi connectivity index (χ1) is 19.5. The van der Waals surface area contributed by atoms with E-state index in [0.717, 1.165) is 50.5 Å². The molecule has 0 heterocycles. The lowest BCUT2D eigenvalue weighted by Crippen LogP contribution is -2.07. The number of ether oxygens (including phenoxy) is 2. The average Bonchev–Trinajstić information content (AvgIpc) is 2.95. The van der Waals surface area contributed by atoms with Gasteiger partial charge in [-0.25, -0.2) is 9.59 Å². The molecule has 222 valence electrons. The fourth-order valence-electron chi connectivity index (χ4n) is 5.09. The Morgan fingerprint density at radius 2 is 1.18 bits per heavy atom. The zero-order valence-corrected chi connectivity index (χ0v) is 24.7. The number of carbonyl (C=O) groups is 2. The van der Waals surface area contributed by atoms with E-state index in [-0.39, 0.29) is 11.1 Å². The number of unbranched alkanes of at least 4 members (excludes halogenated alkanes) is 11. The molecule has 0 fully saturated rings. The highest BCUT2D eigenvalue weighted by atomic mass is 16.5. The Morgan fingerprint density at radius 3 is 1.77 bits per heavy atom. The van der Waals surface area contributed by atoms with Crippen molar-refractivity contribution in [3.05, 3.63) is 59.2 Å². The van der Waals surface area contributed by atoms with Crippen LogP contribution in [0.4, 0.5) is 0 Å². The SMILES string of the molecule is CCCCCCCCCCCCOc1cc(C(CC)CCCCCOc2ccccc2C(=O)O)ccc1C(=O)O. The van der Waals surface area contributed by atoms with Gasteiger partial charge >= 0.3 is 11.9 Å². The van der Waals surface area contributed by atoms with Crippen molar-refractivity contribution in [1.82, 2.24) is 0 Å². The molecule has 1 atom stereocenters. The molecule has 0 radical (unpaired) electrons. The highest BCUT2D eigenvalue weighted by Gasteiger charge is 2.16. The van der Waals surface area contributed by atoms with Crippen LogP contribution in [0.15, 0.2) is 42.5 Å². The van der Waals surface area contributed by atoms with E-state index in [0.29, 0.717) is 30.6 Å². The molecule has 6 nitrogen and oxygen atoms in total. The Morgan fingerprint density at radius 1 is 0.650 bits per heavy atom. The number of benzene rings is 2. The van der Waals surface area contributed by atoms with Crippen LogP contribution in [0.2, 0.25) is 0 Å². The molecule has 0 saturated carbocycles. The second-order valence-corrected chi connectivity index (χ2v) is 10.7. The Balaban J connectivity index is 1.74. The molecule has 0 aliphatic carbocycles. The van der Waals surface area contributed by atoms with Gasteiger partial charge < -0.3 is 19.7 Å². The van der Waals surface area contributed by atoms with Gasteiger partial charge in [0.1, 0.15) is 22.6 Å². The van der Waals surface area contributed by atoms with Gasteiger partial charge in [0.05, 0.1) is 13.2 Å². The molecule has 2 rings (SSSR count). The van der Waals surface area contributed by atoms with Crippen molar-refractivity contribution in [3.63, 3.8) is 0 Å². The van der Waals surface area contributed by atoms with Crippen molar-refractivity contribution in [2.75, 3.05) is 13.2 Å². The van der Waals surface area contributed by atoms with Gasteiger partial charge in [-0.05, 0) is 61.4 Å². The van der Waals surface area contributed by atoms with Crippen molar-refractivity contribution in [3.8, 4) is 11.5 Å². The van der Waals surface area contributed by atoms with Crippen LogP contribution < -0.4 is 9.47 Å². The third-order valence-corrected chi connectivity index (χ3v) is 7.53. The second-order valence-electron chi connectivity index (χ2n) is 10.7. The van der Waals surface area contributed by atoms with Crippen LogP contribution >= 0.6 is 0 Å². The van der Waals surface area contributed by atoms with E-state index < -0.39 is 11.9 Å². The van der Waals surface area contributed by atoms with E-state index in [1.165, 1.54) is 51.4 Å². The van der Waals surface area contributed by atoms with E-state index in [2.05, 4.69) is 13.8 Å². The summed E-state index contributed by atoms with van der Waals surface area (Å²) in [5.41, 5.74) is 1.53. The van der Waals surface area contributed by atoms with Crippen LogP contribution in [0.3, 0.4) is 0 Å². The lowest BCUT2D eigenvalue weighted by Gasteiger charge is -2.18. The van der Waals surface area contributed by atoms with Gasteiger partial charge in [0.2, 0.25) is 0 Å². The zero-order valence-electron chi connectivity index (χ0n) is 24.7. The summed E-state index contributed by atoms with van der Waals surface area (Å²) < 4.78 is 11.7. The normalized spacial score (nSPS) is 11.8. The first-order valence-electron chi connectivity index (χ1n) is 15.4. The van der Waals surface area contributed by atoms with Gasteiger partial charge in [0.25, 0.3) is 0 Å². The lowest BCUT2D eigenvalue weighted by molar-refractivity contribution is 0.0681. The molecule has 6 heteroatoms. The summed E-state index contributed by atoms with van der Waals surface area (Å²) in [5, 5.41) is 18.9. The fraction of sp³-hybridized carbons (Fsp3) is 0.588. The molecule has 40 heavy (non-hydrogen) atoms. The number of para-hydroxylation sites is 1. The summed E-state index contributed by atoms with van der Waals surface area (Å²) in [5.74, 6) is -0.726. The average molecular weight is 555 g/mol. The summed E-state index contributed by atoms with van der Waals surface area (Å²) in [7, 11) is 0. The molecular weight excluding hydrogens is 504 g/mol. The highest BCUT2D eigenvalue weighted by molar-refractivity contribution is 5.91. The van der Waals surface area contributed by atoms with Gasteiger partial charge in [-0.15, -0.1) is 0 Å². The smallest absolute Gasteiger partial charge is 0.339 e. The third kappa shape index (κ3) is 12.4. The number of rotatable bonds is 23. The molecule has 1 unspecified atom stereocenters. The van der Waals surface area contributed by atoms with Crippen LogP contribution in [-0.4, -0.2) is 35.4 Å². The number of carboxylic acids is 2. The van der Waals surface area contributed by atoms with E-state index in [4.69, 9.17) is 9.47 Å². The number of carboxylic acid groups (broad SMARTS) is 2. The molecular formula is C34H50O6. The Bertz CT molecular complexity index is 1000. The maximum absolute atomic E-state index is 11.8. The summed E-state index contributed by atoms with van der Waals surface area (Å²) in [4.78, 5) is 23.1. The van der Waals surface area contributed by atoms with Crippen LogP contribution in [0.5, 0.6) is 11.5 Å². The zero-order chi connectivity index (χ0) is 29.0. The first-order valence-corrected chi connectivity index (χ1v) is 15.4. The van der Waals surface area contributed by atoms with Crippen LogP contribution in [0, 0.1) is 0 Å².